The van der Waals surface area contributed by atoms with Crippen LogP contribution in [-0.4, -0.2) is 53.7 Å². The topological polar surface area (TPSA) is 97.3 Å². The number of amides is 1. The first-order chi connectivity index (χ1) is 21.9. The molecular formula is C37H46N2O6. The molecule has 2 aliphatic rings. The van der Waals surface area contributed by atoms with E-state index in [2.05, 4.69) is 46.6 Å². The fourth-order valence-electron chi connectivity index (χ4n) is 6.34. The van der Waals surface area contributed by atoms with Gasteiger partial charge in [-0.1, -0.05) is 98.1 Å². The van der Waals surface area contributed by atoms with E-state index in [0.29, 0.717) is 6.54 Å². The molecule has 1 amide bonds. The van der Waals surface area contributed by atoms with Crippen molar-refractivity contribution in [2.45, 2.75) is 89.6 Å². The number of ether oxygens (including phenoxy) is 3. The van der Waals surface area contributed by atoms with E-state index in [1.807, 2.05) is 42.5 Å². The van der Waals surface area contributed by atoms with Gasteiger partial charge in [0.2, 0.25) is 0 Å². The summed E-state index contributed by atoms with van der Waals surface area (Å²) in [6, 6.07) is 26.5. The minimum Gasteiger partial charge on any atom is -0.453 e. The molecular weight excluding hydrogens is 568 g/mol. The van der Waals surface area contributed by atoms with E-state index in [0.717, 1.165) is 41.9 Å². The average Bonchev–Trinajstić information content (AvgIpc) is 3.05. The molecule has 0 bridgehead atoms. The highest BCUT2D eigenvalue weighted by atomic mass is 16.7. The van der Waals surface area contributed by atoms with Gasteiger partial charge in [-0.25, -0.2) is 0 Å². The summed E-state index contributed by atoms with van der Waals surface area (Å²) in [4.78, 5) is 26.1. The second-order valence-corrected chi connectivity index (χ2v) is 12.2. The minimum atomic E-state index is -0.850. The molecule has 2 heterocycles. The summed E-state index contributed by atoms with van der Waals surface area (Å²) in [6.07, 6.45) is 4.44. The number of nitrogens with one attached hydrogen (secondary N) is 1. The lowest BCUT2D eigenvalue weighted by Crippen LogP contribution is -2.45. The predicted molar refractivity (Wildman–Crippen MR) is 172 cm³/mol. The Labute approximate surface area is 266 Å². The first-order valence-corrected chi connectivity index (χ1v) is 16.2. The highest BCUT2D eigenvalue weighted by Gasteiger charge is 2.42. The molecule has 2 aliphatic heterocycles. The highest BCUT2D eigenvalue weighted by Crippen LogP contribution is 2.47. The van der Waals surface area contributed by atoms with Crippen molar-refractivity contribution >= 4 is 11.9 Å². The SMILES string of the molecule is CC(=O)OC(C)C(=O)NCc1ccc(C2OC(CN3CCCCCCC3)C(c3ccccc3)C(c3ccc(CO)cc3)O2)cc1. The monoisotopic (exact) mass is 614 g/mol. The van der Waals surface area contributed by atoms with Gasteiger partial charge in [0.1, 0.15) is 0 Å². The van der Waals surface area contributed by atoms with Gasteiger partial charge in [-0.2, -0.15) is 0 Å². The van der Waals surface area contributed by atoms with Crippen LogP contribution in [0.25, 0.3) is 0 Å². The minimum absolute atomic E-state index is 0.00724. The van der Waals surface area contributed by atoms with E-state index in [9.17, 15) is 14.7 Å². The standard InChI is InChI=1S/C37H46N2O6/c1-26(43-27(2)41)36(42)38-23-28-13-19-32(20-14-28)37-44-33(24-39-21-9-4-3-5-10-22-39)34(30-11-7-6-8-12-30)35(45-37)31-17-15-29(25-40)16-18-31/h6-8,11-20,26,33-35,37,40H,3-5,9-10,21-25H2,1-2H3,(H,38,42). The van der Waals surface area contributed by atoms with E-state index in [-0.39, 0.29) is 30.6 Å². The lowest BCUT2D eigenvalue weighted by molar-refractivity contribution is -0.263. The summed E-state index contributed by atoms with van der Waals surface area (Å²) in [5.74, 6) is -0.861. The molecule has 0 radical (unpaired) electrons. The molecule has 0 aromatic heterocycles. The Morgan fingerprint density at radius 2 is 1.47 bits per heavy atom. The van der Waals surface area contributed by atoms with Gasteiger partial charge in [-0.05, 0) is 55.1 Å². The van der Waals surface area contributed by atoms with Gasteiger partial charge in [0.05, 0.1) is 18.8 Å². The van der Waals surface area contributed by atoms with Crippen LogP contribution < -0.4 is 5.32 Å². The van der Waals surface area contributed by atoms with E-state index < -0.39 is 18.4 Å². The molecule has 0 saturated carbocycles. The molecule has 0 aliphatic carbocycles. The Kier molecular flexibility index (Phi) is 11.8. The molecule has 2 saturated heterocycles. The third kappa shape index (κ3) is 9.01. The highest BCUT2D eigenvalue weighted by molar-refractivity contribution is 5.82. The van der Waals surface area contributed by atoms with Crippen molar-refractivity contribution in [1.82, 2.24) is 10.2 Å². The number of rotatable bonds is 10. The van der Waals surface area contributed by atoms with Gasteiger partial charge in [0.25, 0.3) is 5.91 Å². The quantitative estimate of drug-likeness (QED) is 0.272. The Morgan fingerprint density at radius 1 is 0.844 bits per heavy atom. The molecule has 8 nitrogen and oxygen atoms in total. The average molecular weight is 615 g/mol. The Morgan fingerprint density at radius 3 is 2.11 bits per heavy atom. The van der Waals surface area contributed by atoms with Crippen molar-refractivity contribution in [3.8, 4) is 0 Å². The number of likely N-dealkylation sites (tertiary alicyclic amines) is 1. The van der Waals surface area contributed by atoms with Crippen LogP contribution in [-0.2, 0) is 37.0 Å². The lowest BCUT2D eigenvalue weighted by atomic mass is 9.83. The first kappa shape index (κ1) is 32.8. The Hall–Kier alpha value is -3.56. The number of esters is 1. The molecule has 3 aromatic carbocycles. The van der Waals surface area contributed by atoms with Crippen molar-refractivity contribution < 1.29 is 28.9 Å². The number of nitrogens with zero attached hydrogens (tertiary/aromatic N) is 1. The summed E-state index contributed by atoms with van der Waals surface area (Å²) in [6.45, 7) is 6.09. The molecule has 8 heteroatoms. The van der Waals surface area contributed by atoms with E-state index in [1.165, 1.54) is 44.6 Å². The zero-order valence-corrected chi connectivity index (χ0v) is 26.4. The van der Waals surface area contributed by atoms with Crippen LogP contribution in [0.3, 0.4) is 0 Å². The number of benzene rings is 3. The van der Waals surface area contributed by atoms with Gasteiger partial charge in [-0.3, -0.25) is 9.59 Å². The van der Waals surface area contributed by atoms with Crippen molar-refractivity contribution in [1.29, 1.82) is 0 Å². The zero-order valence-electron chi connectivity index (χ0n) is 26.4. The third-order valence-corrected chi connectivity index (χ3v) is 8.79. The van der Waals surface area contributed by atoms with Crippen LogP contribution >= 0.6 is 0 Å². The molecule has 5 unspecified atom stereocenters. The van der Waals surface area contributed by atoms with Crippen LogP contribution in [0.1, 0.15) is 92.1 Å². The third-order valence-electron chi connectivity index (χ3n) is 8.79. The number of carbonyl (C=O) groups excluding carboxylic acids is 2. The van der Waals surface area contributed by atoms with Gasteiger partial charge in [-0.15, -0.1) is 0 Å². The van der Waals surface area contributed by atoms with Crippen molar-refractivity contribution in [2.75, 3.05) is 19.6 Å². The van der Waals surface area contributed by atoms with Gasteiger partial charge in [0.15, 0.2) is 12.4 Å². The van der Waals surface area contributed by atoms with E-state index in [4.69, 9.17) is 14.2 Å². The van der Waals surface area contributed by atoms with Gasteiger partial charge < -0.3 is 29.5 Å². The second kappa shape index (κ2) is 16.1. The molecule has 2 N–H and O–H groups in total. The van der Waals surface area contributed by atoms with E-state index >= 15 is 0 Å². The predicted octanol–water partition coefficient (Wildman–Crippen LogP) is 5.95. The van der Waals surface area contributed by atoms with Crippen molar-refractivity contribution in [2.24, 2.45) is 0 Å². The number of carbonyl (C=O) groups is 2. The number of hydrogen-bond acceptors (Lipinski definition) is 7. The zero-order chi connectivity index (χ0) is 31.6. The summed E-state index contributed by atoms with van der Waals surface area (Å²) in [5, 5.41) is 12.5. The van der Waals surface area contributed by atoms with Crippen LogP contribution in [0.2, 0.25) is 0 Å². The Bertz CT molecular complexity index is 1360. The van der Waals surface area contributed by atoms with E-state index in [1.54, 1.807) is 6.92 Å². The fourth-order valence-corrected chi connectivity index (χ4v) is 6.34. The maximum Gasteiger partial charge on any atom is 0.303 e. The largest absolute Gasteiger partial charge is 0.453 e. The van der Waals surface area contributed by atoms with Gasteiger partial charge in [0, 0.05) is 31.5 Å². The fraction of sp³-hybridized carbons (Fsp3) is 0.459. The molecule has 45 heavy (non-hydrogen) atoms. The van der Waals surface area contributed by atoms with Crippen LogP contribution in [0.4, 0.5) is 0 Å². The first-order valence-electron chi connectivity index (χ1n) is 16.2. The number of aliphatic hydroxyl groups excluding tert-OH is 1. The van der Waals surface area contributed by atoms with Crippen molar-refractivity contribution in [3.05, 3.63) is 107 Å². The molecule has 5 atom stereocenters. The van der Waals surface area contributed by atoms with Crippen LogP contribution in [0.5, 0.6) is 0 Å². The van der Waals surface area contributed by atoms with Crippen LogP contribution in [0.15, 0.2) is 78.9 Å². The number of aliphatic hydroxyl groups is 1. The lowest BCUT2D eigenvalue weighted by Gasteiger charge is -2.44. The normalized spacial score (nSPS) is 23.4. The van der Waals surface area contributed by atoms with Gasteiger partial charge >= 0.3 is 5.97 Å². The molecule has 0 spiro atoms. The second-order valence-electron chi connectivity index (χ2n) is 12.2. The maximum atomic E-state index is 12.3. The summed E-state index contributed by atoms with van der Waals surface area (Å²) in [5.41, 5.74) is 4.90. The smallest absolute Gasteiger partial charge is 0.303 e. The molecule has 3 aromatic rings. The van der Waals surface area contributed by atoms with Crippen molar-refractivity contribution in [3.63, 3.8) is 0 Å². The maximum absolute atomic E-state index is 12.3. The number of hydrogen-bond donors (Lipinski definition) is 2. The summed E-state index contributed by atoms with van der Waals surface area (Å²) in [7, 11) is 0. The Balaban J connectivity index is 1.40. The van der Waals surface area contributed by atoms with Crippen LogP contribution in [0, 0.1) is 0 Å². The summed E-state index contributed by atoms with van der Waals surface area (Å²) >= 11 is 0. The molecule has 240 valence electrons. The summed E-state index contributed by atoms with van der Waals surface area (Å²) < 4.78 is 18.7. The molecule has 2 fully saturated rings. The molecule has 5 rings (SSSR count).